The van der Waals surface area contributed by atoms with Crippen LogP contribution in [0, 0.1) is 0 Å². The average Bonchev–Trinajstić information content (AvgIpc) is 3.12. The normalized spacial score (nSPS) is 13.9. The first kappa shape index (κ1) is 49.7. The Balaban J connectivity index is 4.03. The van der Waals surface area contributed by atoms with Crippen LogP contribution in [0.3, 0.4) is 0 Å². The molecule has 0 aliphatic rings. The van der Waals surface area contributed by atoms with E-state index < -0.39 is 13.9 Å². The van der Waals surface area contributed by atoms with Crippen molar-refractivity contribution in [1.29, 1.82) is 0 Å². The molecule has 0 amide bonds. The summed E-state index contributed by atoms with van der Waals surface area (Å²) in [5.41, 5.74) is 5.36. The number of phosphoric acid groups is 1. The standard InChI is InChI=1S/C42H80NO7P/c1-3-5-7-9-11-13-15-17-18-19-20-21-22-24-26-28-30-32-34-37-47-39-41(40-49-51(45,46)48-38-36-43)50-42(44)35-33-31-29-27-25-23-16-14-12-10-8-6-4-2/h8,10,14,16,18-19,41H,3-7,9,11-13,15,17,20-40,43H2,1-2H3,(H,45,46)/b10-8-,16-14-,19-18-. The van der Waals surface area contributed by atoms with Crippen molar-refractivity contribution < 1.29 is 32.8 Å². The van der Waals surface area contributed by atoms with Crippen LogP contribution in [0.15, 0.2) is 36.5 Å². The highest BCUT2D eigenvalue weighted by atomic mass is 31.2. The molecule has 2 atom stereocenters. The van der Waals surface area contributed by atoms with Crippen molar-refractivity contribution in [2.24, 2.45) is 5.73 Å². The van der Waals surface area contributed by atoms with E-state index in [2.05, 4.69) is 50.3 Å². The fourth-order valence-electron chi connectivity index (χ4n) is 5.68. The van der Waals surface area contributed by atoms with Crippen LogP contribution in [0.2, 0.25) is 0 Å². The predicted octanol–water partition coefficient (Wildman–Crippen LogP) is 12.2. The third kappa shape index (κ3) is 39.8. The van der Waals surface area contributed by atoms with Gasteiger partial charge in [0.15, 0.2) is 0 Å². The molecule has 2 unspecified atom stereocenters. The van der Waals surface area contributed by atoms with E-state index in [1.165, 1.54) is 103 Å². The largest absolute Gasteiger partial charge is 0.472 e. The van der Waals surface area contributed by atoms with Crippen molar-refractivity contribution in [2.75, 3.05) is 33.0 Å². The lowest BCUT2D eigenvalue weighted by Crippen LogP contribution is -2.28. The molecule has 8 nitrogen and oxygen atoms in total. The van der Waals surface area contributed by atoms with Gasteiger partial charge in [-0.05, 0) is 64.2 Å². The Morgan fingerprint density at radius 3 is 1.63 bits per heavy atom. The van der Waals surface area contributed by atoms with E-state index in [1.807, 2.05) is 0 Å². The van der Waals surface area contributed by atoms with Crippen molar-refractivity contribution in [3.05, 3.63) is 36.5 Å². The first-order valence-corrected chi connectivity index (χ1v) is 22.5. The lowest BCUT2D eigenvalue weighted by molar-refractivity contribution is -0.154. The van der Waals surface area contributed by atoms with Crippen molar-refractivity contribution in [2.45, 2.75) is 193 Å². The second-order valence-electron chi connectivity index (χ2n) is 13.8. The molecule has 0 heterocycles. The molecular weight excluding hydrogens is 661 g/mol. The number of rotatable bonds is 40. The minimum absolute atomic E-state index is 0.0971. The zero-order valence-corrected chi connectivity index (χ0v) is 34.0. The molecule has 0 saturated carbocycles. The molecule has 0 aromatic heterocycles. The third-order valence-corrected chi connectivity index (χ3v) is 9.74. The van der Waals surface area contributed by atoms with Gasteiger partial charge in [-0.15, -0.1) is 0 Å². The van der Waals surface area contributed by atoms with Gasteiger partial charge in [-0.2, -0.15) is 0 Å². The highest BCUT2D eigenvalue weighted by molar-refractivity contribution is 7.47. The Kier molecular flexibility index (Phi) is 38.9. The molecule has 0 fully saturated rings. The van der Waals surface area contributed by atoms with Crippen LogP contribution < -0.4 is 5.73 Å². The highest BCUT2D eigenvalue weighted by Gasteiger charge is 2.25. The maximum atomic E-state index is 12.5. The van der Waals surface area contributed by atoms with E-state index in [0.717, 1.165) is 64.2 Å². The SMILES string of the molecule is CCC/C=C\C/C=C\CCCCCCCC(=O)OC(COCCCCCCCCCC/C=C\CCCCCCCCC)COP(=O)(O)OCCN. The van der Waals surface area contributed by atoms with E-state index in [9.17, 15) is 14.3 Å². The van der Waals surface area contributed by atoms with Crippen LogP contribution in [0.5, 0.6) is 0 Å². The van der Waals surface area contributed by atoms with Gasteiger partial charge in [-0.1, -0.05) is 153 Å². The number of unbranched alkanes of at least 4 members (excludes halogenated alkanes) is 21. The van der Waals surface area contributed by atoms with E-state index in [4.69, 9.17) is 24.3 Å². The molecule has 9 heteroatoms. The second kappa shape index (κ2) is 39.9. The molecule has 51 heavy (non-hydrogen) atoms. The maximum Gasteiger partial charge on any atom is 0.472 e. The fourth-order valence-corrected chi connectivity index (χ4v) is 6.44. The van der Waals surface area contributed by atoms with Gasteiger partial charge < -0.3 is 20.1 Å². The first-order chi connectivity index (χ1) is 24.9. The second-order valence-corrected chi connectivity index (χ2v) is 15.3. The average molecular weight is 742 g/mol. The maximum absolute atomic E-state index is 12.5. The number of hydrogen-bond donors (Lipinski definition) is 2. The van der Waals surface area contributed by atoms with E-state index in [1.54, 1.807) is 0 Å². The zero-order chi connectivity index (χ0) is 37.4. The van der Waals surface area contributed by atoms with Crippen LogP contribution in [0.1, 0.15) is 187 Å². The minimum Gasteiger partial charge on any atom is -0.457 e. The van der Waals surface area contributed by atoms with Gasteiger partial charge in [0.1, 0.15) is 6.10 Å². The van der Waals surface area contributed by atoms with Gasteiger partial charge in [-0.25, -0.2) is 4.57 Å². The monoisotopic (exact) mass is 742 g/mol. The van der Waals surface area contributed by atoms with Crippen LogP contribution in [0.25, 0.3) is 0 Å². The smallest absolute Gasteiger partial charge is 0.457 e. The van der Waals surface area contributed by atoms with Gasteiger partial charge in [0.25, 0.3) is 0 Å². The molecule has 3 N–H and O–H groups in total. The Labute approximate surface area is 314 Å². The molecule has 0 aliphatic carbocycles. The van der Waals surface area contributed by atoms with E-state index in [0.29, 0.717) is 13.0 Å². The number of ether oxygens (including phenoxy) is 2. The molecule has 0 aromatic carbocycles. The van der Waals surface area contributed by atoms with Crippen molar-refractivity contribution in [3.8, 4) is 0 Å². The third-order valence-electron chi connectivity index (χ3n) is 8.76. The Bertz CT molecular complexity index is 879. The summed E-state index contributed by atoms with van der Waals surface area (Å²) in [6, 6.07) is 0. The summed E-state index contributed by atoms with van der Waals surface area (Å²) < 4.78 is 33.4. The number of carbonyl (C=O) groups excluding carboxylic acids is 1. The van der Waals surface area contributed by atoms with Gasteiger partial charge in [0.05, 0.1) is 19.8 Å². The molecule has 0 radical (unpaired) electrons. The topological polar surface area (TPSA) is 117 Å². The lowest BCUT2D eigenvalue weighted by atomic mass is 10.1. The molecule has 0 saturated heterocycles. The van der Waals surface area contributed by atoms with Gasteiger partial charge in [0, 0.05) is 19.6 Å². The van der Waals surface area contributed by atoms with Gasteiger partial charge in [0.2, 0.25) is 0 Å². The summed E-state index contributed by atoms with van der Waals surface area (Å²) in [5, 5.41) is 0. The Hall–Kier alpha value is -1.28. The highest BCUT2D eigenvalue weighted by Crippen LogP contribution is 2.43. The van der Waals surface area contributed by atoms with Crippen LogP contribution in [0.4, 0.5) is 0 Å². The summed E-state index contributed by atoms with van der Waals surface area (Å²) in [6.07, 6.45) is 44.5. The molecule has 0 aliphatic heterocycles. The summed E-state index contributed by atoms with van der Waals surface area (Å²) >= 11 is 0. The number of allylic oxidation sites excluding steroid dienone is 6. The first-order valence-electron chi connectivity index (χ1n) is 21.0. The van der Waals surface area contributed by atoms with Crippen LogP contribution in [-0.2, 0) is 27.9 Å². The Morgan fingerprint density at radius 2 is 1.08 bits per heavy atom. The number of hydrogen-bond acceptors (Lipinski definition) is 7. The van der Waals surface area contributed by atoms with Gasteiger partial charge in [-0.3, -0.25) is 13.8 Å². The van der Waals surface area contributed by atoms with Crippen LogP contribution in [-0.4, -0.2) is 49.9 Å². The van der Waals surface area contributed by atoms with Crippen molar-refractivity contribution >= 4 is 13.8 Å². The van der Waals surface area contributed by atoms with E-state index >= 15 is 0 Å². The van der Waals surface area contributed by atoms with Crippen molar-refractivity contribution in [1.82, 2.24) is 0 Å². The molecule has 300 valence electrons. The molecule has 0 spiro atoms. The summed E-state index contributed by atoms with van der Waals surface area (Å²) in [7, 11) is -4.28. The minimum atomic E-state index is -4.28. The summed E-state index contributed by atoms with van der Waals surface area (Å²) in [4.78, 5) is 22.4. The van der Waals surface area contributed by atoms with Gasteiger partial charge >= 0.3 is 13.8 Å². The number of phosphoric ester groups is 1. The predicted molar refractivity (Wildman–Crippen MR) is 215 cm³/mol. The lowest BCUT2D eigenvalue weighted by Gasteiger charge is -2.20. The molecule has 0 bridgehead atoms. The van der Waals surface area contributed by atoms with E-state index in [-0.39, 0.29) is 32.3 Å². The quantitative estimate of drug-likeness (QED) is 0.0276. The molecular formula is C42H80NO7P. The summed E-state index contributed by atoms with van der Waals surface area (Å²) in [5.74, 6) is -0.346. The van der Waals surface area contributed by atoms with Crippen LogP contribution >= 0.6 is 7.82 Å². The molecule has 0 aromatic rings. The number of esters is 1. The summed E-state index contributed by atoms with van der Waals surface area (Å²) in [6.45, 7) is 4.84. The fraction of sp³-hybridized carbons (Fsp3) is 0.833. The van der Waals surface area contributed by atoms with Crippen molar-refractivity contribution in [3.63, 3.8) is 0 Å². The Morgan fingerprint density at radius 1 is 0.588 bits per heavy atom. The number of carbonyl (C=O) groups is 1. The zero-order valence-electron chi connectivity index (χ0n) is 33.1. The molecule has 0 rings (SSSR count). The number of nitrogens with two attached hydrogens (primary N) is 1.